The summed E-state index contributed by atoms with van der Waals surface area (Å²) in [6.07, 6.45) is 3.81. The van der Waals surface area contributed by atoms with Crippen LogP contribution in [0, 0.1) is 12.5 Å². The lowest BCUT2D eigenvalue weighted by atomic mass is 10.1. The van der Waals surface area contributed by atoms with Gasteiger partial charge in [-0.2, -0.15) is 0 Å². The van der Waals surface area contributed by atoms with Gasteiger partial charge in [0, 0.05) is 24.8 Å². The first-order chi connectivity index (χ1) is 13.5. The van der Waals surface area contributed by atoms with E-state index >= 15 is 0 Å². The number of aromatic amines is 1. The summed E-state index contributed by atoms with van der Waals surface area (Å²) in [6.45, 7) is 16.8. The van der Waals surface area contributed by atoms with Crippen molar-refractivity contribution in [3.63, 3.8) is 0 Å². The molecule has 0 radical (unpaired) electrons. The molecule has 3 rings (SSSR count). The van der Waals surface area contributed by atoms with Crippen molar-refractivity contribution in [1.29, 1.82) is 0 Å². The van der Waals surface area contributed by atoms with Crippen LogP contribution in [-0.4, -0.2) is 48.3 Å². The molecule has 2 atom stereocenters. The molecule has 2 N–H and O–H groups in total. The number of hydrogen-bond acceptors (Lipinski definition) is 3. The summed E-state index contributed by atoms with van der Waals surface area (Å²) in [5, 5.41) is 4.00. The highest BCUT2D eigenvalue weighted by molar-refractivity contribution is 5.87. The number of nitrogens with zero attached hydrogens (tertiary/aromatic N) is 2. The maximum Gasteiger partial charge on any atom is 0.407 e. The Morgan fingerprint density at radius 2 is 2.29 bits per heavy atom. The molecule has 6 heteroatoms. The van der Waals surface area contributed by atoms with Crippen LogP contribution in [0.4, 0.5) is 10.5 Å². The second-order valence-electron chi connectivity index (χ2n) is 7.82. The van der Waals surface area contributed by atoms with Gasteiger partial charge >= 0.3 is 6.09 Å². The summed E-state index contributed by atoms with van der Waals surface area (Å²) >= 11 is 0. The summed E-state index contributed by atoms with van der Waals surface area (Å²) < 4.78 is 5.08. The highest BCUT2D eigenvalue weighted by Gasteiger charge is 2.40. The van der Waals surface area contributed by atoms with Crippen molar-refractivity contribution in [1.82, 2.24) is 15.2 Å². The lowest BCUT2D eigenvalue weighted by Crippen LogP contribution is -2.32. The first kappa shape index (κ1) is 20.2. The molecule has 0 spiro atoms. The van der Waals surface area contributed by atoms with Crippen molar-refractivity contribution in [2.24, 2.45) is 5.92 Å². The van der Waals surface area contributed by atoms with E-state index in [0.717, 1.165) is 31.6 Å². The molecule has 1 aliphatic rings. The summed E-state index contributed by atoms with van der Waals surface area (Å²) in [5.41, 5.74) is 3.16. The Bertz CT molecular complexity index is 852. The SMILES string of the molecule is [C-]#[N+]c1ccc2[nH]cc(C3CC3CN(CC)CCCNC(=O)OC(C)C)c2c1. The van der Waals surface area contributed by atoms with Crippen LogP contribution < -0.4 is 5.32 Å². The van der Waals surface area contributed by atoms with Crippen molar-refractivity contribution in [3.05, 3.63) is 41.4 Å². The standard InChI is InChI=1S/C22H30N4O2/c1-5-26(10-6-9-24-22(27)28-15(2)3)14-16-11-18(16)20-13-25-21-8-7-17(23-4)12-19(20)21/h7-8,12-13,15-16,18,25H,5-6,9-11,14H2,1-3H3,(H,24,27). The number of carbonyl (C=O) groups excluding carboxylic acids is 1. The molecule has 1 aromatic carbocycles. The third-order valence-electron chi connectivity index (χ3n) is 5.35. The van der Waals surface area contributed by atoms with Crippen LogP contribution in [0.5, 0.6) is 0 Å². The number of H-pyrrole nitrogens is 1. The van der Waals surface area contributed by atoms with E-state index in [4.69, 9.17) is 11.3 Å². The fourth-order valence-corrected chi connectivity index (χ4v) is 3.80. The number of benzene rings is 1. The Morgan fingerprint density at radius 1 is 1.46 bits per heavy atom. The van der Waals surface area contributed by atoms with Crippen LogP contribution in [0.3, 0.4) is 0 Å². The van der Waals surface area contributed by atoms with Gasteiger partial charge in [0.1, 0.15) is 0 Å². The number of ether oxygens (including phenoxy) is 1. The molecular formula is C22H30N4O2. The Labute approximate surface area is 167 Å². The van der Waals surface area contributed by atoms with E-state index < -0.39 is 0 Å². The van der Waals surface area contributed by atoms with E-state index in [1.807, 2.05) is 32.0 Å². The van der Waals surface area contributed by atoms with E-state index in [1.165, 1.54) is 17.4 Å². The average molecular weight is 383 g/mol. The van der Waals surface area contributed by atoms with Crippen LogP contribution >= 0.6 is 0 Å². The largest absolute Gasteiger partial charge is 0.447 e. The van der Waals surface area contributed by atoms with E-state index in [2.05, 4.69) is 33.2 Å². The molecule has 6 nitrogen and oxygen atoms in total. The molecule has 0 aliphatic heterocycles. The highest BCUT2D eigenvalue weighted by Crippen LogP contribution is 2.50. The number of aromatic nitrogens is 1. The van der Waals surface area contributed by atoms with Crippen LogP contribution in [-0.2, 0) is 4.74 Å². The number of amides is 1. The van der Waals surface area contributed by atoms with Gasteiger partial charge in [0.05, 0.1) is 12.7 Å². The molecule has 1 saturated carbocycles. The van der Waals surface area contributed by atoms with Crippen molar-refractivity contribution < 1.29 is 9.53 Å². The normalized spacial score (nSPS) is 18.4. The van der Waals surface area contributed by atoms with Gasteiger partial charge in [0.2, 0.25) is 0 Å². The van der Waals surface area contributed by atoms with E-state index in [0.29, 0.717) is 24.1 Å². The predicted molar refractivity (Wildman–Crippen MR) is 112 cm³/mol. The van der Waals surface area contributed by atoms with Crippen molar-refractivity contribution in [2.45, 2.75) is 45.6 Å². The number of fused-ring (bicyclic) bond motifs is 1. The van der Waals surface area contributed by atoms with E-state index in [9.17, 15) is 4.79 Å². The van der Waals surface area contributed by atoms with E-state index in [1.54, 1.807) is 0 Å². The lowest BCUT2D eigenvalue weighted by molar-refractivity contribution is 0.115. The minimum absolute atomic E-state index is 0.0886. The zero-order chi connectivity index (χ0) is 20.1. The summed E-state index contributed by atoms with van der Waals surface area (Å²) in [4.78, 5) is 20.9. The van der Waals surface area contributed by atoms with Gasteiger partial charge in [-0.3, -0.25) is 0 Å². The molecule has 1 amide bonds. The number of hydrogen-bond donors (Lipinski definition) is 2. The molecular weight excluding hydrogens is 352 g/mol. The summed E-state index contributed by atoms with van der Waals surface area (Å²) in [6, 6.07) is 5.87. The van der Waals surface area contributed by atoms with Gasteiger partial charge in [-0.25, -0.2) is 9.64 Å². The van der Waals surface area contributed by atoms with Gasteiger partial charge in [0.15, 0.2) is 5.69 Å². The Balaban J connectivity index is 1.47. The number of carbonyl (C=O) groups is 1. The number of rotatable bonds is 9. The fourth-order valence-electron chi connectivity index (χ4n) is 3.80. The zero-order valence-corrected chi connectivity index (χ0v) is 17.0. The molecule has 1 aromatic heterocycles. The smallest absolute Gasteiger partial charge is 0.407 e. The van der Waals surface area contributed by atoms with Crippen molar-refractivity contribution in [3.8, 4) is 0 Å². The Hall–Kier alpha value is -2.52. The molecule has 1 aliphatic carbocycles. The van der Waals surface area contributed by atoms with Crippen molar-refractivity contribution >= 4 is 22.7 Å². The van der Waals surface area contributed by atoms with Gasteiger partial charge < -0.3 is 19.9 Å². The molecule has 2 aromatic rings. The van der Waals surface area contributed by atoms with Gasteiger partial charge in [-0.1, -0.05) is 13.0 Å². The summed E-state index contributed by atoms with van der Waals surface area (Å²) in [5.74, 6) is 1.23. The maximum atomic E-state index is 11.5. The maximum absolute atomic E-state index is 11.5. The van der Waals surface area contributed by atoms with Crippen LogP contribution in [0.25, 0.3) is 15.7 Å². The third-order valence-corrected chi connectivity index (χ3v) is 5.35. The lowest BCUT2D eigenvalue weighted by Gasteiger charge is -2.20. The molecule has 2 unspecified atom stereocenters. The average Bonchev–Trinajstić information content (AvgIpc) is 3.30. The van der Waals surface area contributed by atoms with Gasteiger partial charge in [-0.15, -0.1) is 0 Å². The van der Waals surface area contributed by atoms with Crippen LogP contribution in [0.1, 0.15) is 45.1 Å². The third kappa shape index (κ3) is 5.05. The summed E-state index contributed by atoms with van der Waals surface area (Å²) in [7, 11) is 0. The zero-order valence-electron chi connectivity index (χ0n) is 17.0. The molecule has 1 fully saturated rings. The Kier molecular flexibility index (Phi) is 6.58. The fraction of sp³-hybridized carbons (Fsp3) is 0.545. The molecule has 28 heavy (non-hydrogen) atoms. The number of nitrogens with one attached hydrogen (secondary N) is 2. The second-order valence-corrected chi connectivity index (χ2v) is 7.82. The van der Waals surface area contributed by atoms with E-state index in [-0.39, 0.29) is 12.2 Å². The monoisotopic (exact) mass is 382 g/mol. The predicted octanol–water partition coefficient (Wildman–Crippen LogP) is 4.67. The second kappa shape index (κ2) is 9.11. The van der Waals surface area contributed by atoms with Gasteiger partial charge in [0.25, 0.3) is 0 Å². The molecule has 0 bridgehead atoms. The first-order valence-corrected chi connectivity index (χ1v) is 10.2. The first-order valence-electron chi connectivity index (χ1n) is 10.2. The molecule has 150 valence electrons. The minimum Gasteiger partial charge on any atom is -0.447 e. The van der Waals surface area contributed by atoms with Crippen LogP contribution in [0.2, 0.25) is 0 Å². The highest BCUT2D eigenvalue weighted by atomic mass is 16.6. The Morgan fingerprint density at radius 3 is 3.00 bits per heavy atom. The quantitative estimate of drug-likeness (QED) is 0.489. The minimum atomic E-state index is -0.335. The number of alkyl carbamates (subject to hydrolysis) is 1. The molecule has 1 heterocycles. The molecule has 0 saturated heterocycles. The van der Waals surface area contributed by atoms with Crippen LogP contribution in [0.15, 0.2) is 24.4 Å². The van der Waals surface area contributed by atoms with Crippen molar-refractivity contribution in [2.75, 3.05) is 26.2 Å². The van der Waals surface area contributed by atoms with Gasteiger partial charge in [-0.05, 0) is 74.7 Å². The topological polar surface area (TPSA) is 61.7 Å².